The molecule has 0 aliphatic heterocycles. The first kappa shape index (κ1) is 22.0. The fourth-order valence-corrected chi connectivity index (χ4v) is 3.78. The average molecular weight is 422 g/mol. The lowest BCUT2D eigenvalue weighted by Crippen LogP contribution is -2.36. The monoisotopic (exact) mass is 422 g/mol. The summed E-state index contributed by atoms with van der Waals surface area (Å²) in [6.45, 7) is 2.24. The molecule has 0 aliphatic carbocycles. The van der Waals surface area contributed by atoms with Crippen LogP contribution in [-0.2, 0) is 0 Å². The first-order chi connectivity index (χ1) is 14.8. The molecule has 0 radical (unpaired) electrons. The molecule has 1 heterocycles. The summed E-state index contributed by atoms with van der Waals surface area (Å²) in [4.78, 5) is 26.2. The van der Waals surface area contributed by atoms with Crippen LogP contribution in [0.25, 0.3) is 11.0 Å². The van der Waals surface area contributed by atoms with Crippen molar-refractivity contribution in [1.82, 2.24) is 10.3 Å². The van der Waals surface area contributed by atoms with Gasteiger partial charge in [-0.3, -0.25) is 0 Å². The second-order valence-corrected chi connectivity index (χ2v) is 7.63. The number of para-hydroxylation sites is 1. The SMILES string of the molecule is C/C(=N\NC(N)=O)[C@H](CN(C)C)[C@@H](c1ccccc1)c1c(O)c2ccccc2oc1=O. The number of hydrogen-bond donors (Lipinski definition) is 3. The molecule has 0 unspecified atom stereocenters. The van der Waals surface area contributed by atoms with Crippen molar-refractivity contribution in [3.8, 4) is 5.75 Å². The molecule has 162 valence electrons. The van der Waals surface area contributed by atoms with Crippen molar-refractivity contribution in [1.29, 1.82) is 0 Å². The summed E-state index contributed by atoms with van der Waals surface area (Å²) in [6.07, 6.45) is 0. The van der Waals surface area contributed by atoms with E-state index in [1.807, 2.05) is 49.3 Å². The highest BCUT2D eigenvalue weighted by Crippen LogP contribution is 2.39. The van der Waals surface area contributed by atoms with Crippen LogP contribution >= 0.6 is 0 Å². The van der Waals surface area contributed by atoms with Crippen LogP contribution in [0.2, 0.25) is 0 Å². The zero-order valence-electron chi connectivity index (χ0n) is 17.7. The van der Waals surface area contributed by atoms with Crippen LogP contribution in [0, 0.1) is 5.92 Å². The molecule has 0 fully saturated rings. The van der Waals surface area contributed by atoms with Gasteiger partial charge in [0, 0.05) is 24.1 Å². The van der Waals surface area contributed by atoms with Gasteiger partial charge in [0.25, 0.3) is 0 Å². The van der Waals surface area contributed by atoms with Gasteiger partial charge >= 0.3 is 11.7 Å². The van der Waals surface area contributed by atoms with Gasteiger partial charge in [0.05, 0.1) is 10.9 Å². The van der Waals surface area contributed by atoms with E-state index in [0.29, 0.717) is 23.2 Å². The van der Waals surface area contributed by atoms with Gasteiger partial charge in [0.1, 0.15) is 11.3 Å². The van der Waals surface area contributed by atoms with Crippen molar-refractivity contribution in [2.24, 2.45) is 16.8 Å². The third-order valence-electron chi connectivity index (χ3n) is 5.13. The van der Waals surface area contributed by atoms with Gasteiger partial charge in [-0.05, 0) is 38.7 Å². The maximum Gasteiger partial charge on any atom is 0.343 e. The van der Waals surface area contributed by atoms with Crippen molar-refractivity contribution in [3.05, 3.63) is 76.1 Å². The molecule has 2 amide bonds. The lowest BCUT2D eigenvalue weighted by molar-refractivity contribution is 0.249. The van der Waals surface area contributed by atoms with Crippen LogP contribution in [-0.4, -0.2) is 42.4 Å². The Balaban J connectivity index is 2.28. The van der Waals surface area contributed by atoms with E-state index in [-0.39, 0.29) is 17.2 Å². The minimum absolute atomic E-state index is 0.125. The molecule has 1 aromatic heterocycles. The van der Waals surface area contributed by atoms with E-state index >= 15 is 0 Å². The molecule has 0 spiro atoms. The number of benzene rings is 2. The third kappa shape index (κ3) is 4.92. The molecule has 2 aromatic carbocycles. The highest BCUT2D eigenvalue weighted by molar-refractivity contribution is 5.89. The summed E-state index contributed by atoms with van der Waals surface area (Å²) < 4.78 is 5.55. The van der Waals surface area contributed by atoms with E-state index in [0.717, 1.165) is 5.56 Å². The van der Waals surface area contributed by atoms with Crippen LogP contribution in [0.5, 0.6) is 5.75 Å². The smallest absolute Gasteiger partial charge is 0.343 e. The number of primary amides is 1. The van der Waals surface area contributed by atoms with Crippen molar-refractivity contribution in [2.75, 3.05) is 20.6 Å². The van der Waals surface area contributed by atoms with Crippen molar-refractivity contribution < 1.29 is 14.3 Å². The summed E-state index contributed by atoms with van der Waals surface area (Å²) >= 11 is 0. The zero-order valence-corrected chi connectivity index (χ0v) is 17.7. The predicted molar refractivity (Wildman–Crippen MR) is 120 cm³/mol. The first-order valence-electron chi connectivity index (χ1n) is 9.83. The number of carbonyl (C=O) groups excluding carboxylic acids is 1. The van der Waals surface area contributed by atoms with Crippen molar-refractivity contribution in [3.63, 3.8) is 0 Å². The summed E-state index contributed by atoms with van der Waals surface area (Å²) in [5.41, 5.74) is 8.63. The molecule has 4 N–H and O–H groups in total. The minimum Gasteiger partial charge on any atom is -0.507 e. The molecule has 31 heavy (non-hydrogen) atoms. The molecule has 8 heteroatoms. The molecule has 8 nitrogen and oxygen atoms in total. The fraction of sp³-hybridized carbons (Fsp3) is 0.261. The Bertz CT molecular complexity index is 1160. The lowest BCUT2D eigenvalue weighted by Gasteiger charge is -2.30. The van der Waals surface area contributed by atoms with Gasteiger partial charge in [0.15, 0.2) is 0 Å². The van der Waals surface area contributed by atoms with Gasteiger partial charge in [-0.1, -0.05) is 42.5 Å². The molecule has 0 saturated carbocycles. The zero-order chi connectivity index (χ0) is 22.5. The number of aromatic hydroxyl groups is 1. The molecule has 2 atom stereocenters. The standard InChI is InChI=1S/C23H26N4O4/c1-14(25-26-23(24)30)17(13-27(2)3)19(15-9-5-4-6-10-15)20-21(28)16-11-7-8-12-18(16)31-22(20)29/h4-12,17,19,28H,13H2,1-3H3,(H3,24,26,30)/b25-14+/t17-,19+/m0/s1. The Morgan fingerprint density at radius 1 is 1.16 bits per heavy atom. The van der Waals surface area contributed by atoms with Crippen LogP contribution in [0.3, 0.4) is 0 Å². The number of fused-ring (bicyclic) bond motifs is 1. The number of rotatable bonds is 7. The molecule has 3 rings (SSSR count). The van der Waals surface area contributed by atoms with E-state index < -0.39 is 17.6 Å². The van der Waals surface area contributed by atoms with Crippen molar-refractivity contribution >= 4 is 22.7 Å². The normalized spacial score (nSPS) is 13.9. The van der Waals surface area contributed by atoms with E-state index in [1.54, 1.807) is 31.2 Å². The Kier molecular flexibility index (Phi) is 6.71. The summed E-state index contributed by atoms with van der Waals surface area (Å²) in [7, 11) is 3.79. The highest BCUT2D eigenvalue weighted by atomic mass is 16.4. The number of hydrazone groups is 1. The largest absolute Gasteiger partial charge is 0.507 e. The second-order valence-electron chi connectivity index (χ2n) is 7.63. The number of amides is 2. The third-order valence-corrected chi connectivity index (χ3v) is 5.13. The molecule has 3 aromatic rings. The van der Waals surface area contributed by atoms with Crippen LogP contribution < -0.4 is 16.8 Å². The molecular formula is C23H26N4O4. The van der Waals surface area contributed by atoms with Gasteiger partial charge in [0.2, 0.25) is 0 Å². The number of carbonyl (C=O) groups is 1. The summed E-state index contributed by atoms with van der Waals surface area (Å²) in [5.74, 6) is -1.08. The number of hydrogen-bond acceptors (Lipinski definition) is 6. The van der Waals surface area contributed by atoms with Crippen LogP contribution in [0.15, 0.2) is 68.9 Å². The van der Waals surface area contributed by atoms with E-state index in [1.165, 1.54) is 0 Å². The number of nitrogens with two attached hydrogens (primary N) is 1. The summed E-state index contributed by atoms with van der Waals surface area (Å²) in [6, 6.07) is 15.4. The Morgan fingerprint density at radius 2 is 1.81 bits per heavy atom. The second kappa shape index (κ2) is 9.44. The topological polar surface area (TPSA) is 121 Å². The van der Waals surface area contributed by atoms with Crippen molar-refractivity contribution in [2.45, 2.75) is 12.8 Å². The molecular weight excluding hydrogens is 396 g/mol. The number of nitrogens with zero attached hydrogens (tertiary/aromatic N) is 2. The van der Waals surface area contributed by atoms with E-state index in [9.17, 15) is 14.7 Å². The molecule has 0 bridgehead atoms. The Hall–Kier alpha value is -3.65. The first-order valence-corrected chi connectivity index (χ1v) is 9.83. The van der Waals surface area contributed by atoms with E-state index in [4.69, 9.17) is 10.2 Å². The van der Waals surface area contributed by atoms with Gasteiger partial charge < -0.3 is 20.2 Å². The van der Waals surface area contributed by atoms with Crippen LogP contribution in [0.4, 0.5) is 4.79 Å². The maximum atomic E-state index is 13.1. The van der Waals surface area contributed by atoms with Gasteiger partial charge in [-0.25, -0.2) is 15.0 Å². The fourth-order valence-electron chi connectivity index (χ4n) is 3.78. The molecule has 0 aliphatic rings. The summed E-state index contributed by atoms with van der Waals surface area (Å²) in [5, 5.41) is 15.7. The highest BCUT2D eigenvalue weighted by Gasteiger charge is 2.33. The van der Waals surface area contributed by atoms with Crippen LogP contribution in [0.1, 0.15) is 24.0 Å². The molecule has 0 saturated heterocycles. The maximum absolute atomic E-state index is 13.1. The Labute approximate surface area is 180 Å². The predicted octanol–water partition coefficient (Wildman–Crippen LogP) is 2.85. The number of urea groups is 1. The lowest BCUT2D eigenvalue weighted by atomic mass is 9.78. The number of nitrogens with one attached hydrogen (secondary N) is 1. The quantitative estimate of drug-likeness (QED) is 0.307. The minimum atomic E-state index is -0.785. The van der Waals surface area contributed by atoms with E-state index in [2.05, 4.69) is 10.5 Å². The van der Waals surface area contributed by atoms with Gasteiger partial charge in [-0.2, -0.15) is 5.10 Å². The average Bonchev–Trinajstić information content (AvgIpc) is 2.74. The Morgan fingerprint density at radius 3 is 2.45 bits per heavy atom. The van der Waals surface area contributed by atoms with Gasteiger partial charge in [-0.15, -0.1) is 0 Å².